The van der Waals surface area contributed by atoms with Crippen molar-refractivity contribution in [2.24, 2.45) is 5.16 Å². The van der Waals surface area contributed by atoms with E-state index in [4.69, 9.17) is 4.84 Å². The molecular weight excluding hydrogens is 334 g/mol. The molecule has 134 valence electrons. The van der Waals surface area contributed by atoms with E-state index in [0.29, 0.717) is 11.3 Å². The number of carboxylic acid groups (broad SMARTS) is 1. The first-order chi connectivity index (χ1) is 12.5. The number of hydrogen-bond donors (Lipinski definition) is 1. The van der Waals surface area contributed by atoms with Crippen molar-refractivity contribution in [3.05, 3.63) is 53.7 Å². The van der Waals surface area contributed by atoms with Gasteiger partial charge < -0.3 is 14.8 Å². The second kappa shape index (κ2) is 7.35. The van der Waals surface area contributed by atoms with E-state index in [1.165, 1.54) is 12.0 Å². The van der Waals surface area contributed by atoms with Crippen molar-refractivity contribution in [1.29, 1.82) is 0 Å². The number of carbonyl (C=O) groups is 2. The van der Waals surface area contributed by atoms with Crippen molar-refractivity contribution in [3.8, 4) is 11.3 Å². The van der Waals surface area contributed by atoms with E-state index < -0.39 is 12.0 Å². The fourth-order valence-corrected chi connectivity index (χ4v) is 3.06. The molecule has 1 N–H and O–H groups in total. The predicted molar refractivity (Wildman–Crippen MR) is 95.9 cm³/mol. The first-order valence-electron chi connectivity index (χ1n) is 8.16. The summed E-state index contributed by atoms with van der Waals surface area (Å²) in [5, 5.41) is 13.2. The van der Waals surface area contributed by atoms with Crippen molar-refractivity contribution >= 4 is 17.6 Å². The molecule has 26 heavy (non-hydrogen) atoms. The standard InChI is InChI=1S/C19H19N3O4/c1-12-4-3-9-20-17(12)13-5-7-14(8-6-13)18(23)22-11-15(21-26-2)10-16(22)19(24)25/h3-9,16H,10-11H2,1-2H3,(H,24,25)/t16-/m0/s1. The number of amides is 1. The number of aliphatic carboxylic acids is 1. The Hall–Kier alpha value is -3.22. The van der Waals surface area contributed by atoms with Crippen LogP contribution in [0.3, 0.4) is 0 Å². The maximum Gasteiger partial charge on any atom is 0.326 e. The van der Waals surface area contributed by atoms with Gasteiger partial charge in [0.05, 0.1) is 18.0 Å². The summed E-state index contributed by atoms with van der Waals surface area (Å²) in [5.74, 6) is -1.40. The second-order valence-electron chi connectivity index (χ2n) is 6.08. The second-order valence-corrected chi connectivity index (χ2v) is 6.08. The van der Waals surface area contributed by atoms with Gasteiger partial charge in [-0.25, -0.2) is 4.79 Å². The van der Waals surface area contributed by atoms with Gasteiger partial charge in [-0.1, -0.05) is 23.4 Å². The fraction of sp³-hybridized carbons (Fsp3) is 0.263. The summed E-state index contributed by atoms with van der Waals surface area (Å²) in [6.07, 6.45) is 1.89. The number of rotatable bonds is 4. The number of aromatic nitrogens is 1. The lowest BCUT2D eigenvalue weighted by Gasteiger charge is -2.20. The number of carbonyl (C=O) groups excluding carboxylic acids is 1. The van der Waals surface area contributed by atoms with Crippen molar-refractivity contribution in [1.82, 2.24) is 9.88 Å². The molecule has 3 rings (SSSR count). The van der Waals surface area contributed by atoms with Gasteiger partial charge in [-0.05, 0) is 30.7 Å². The molecule has 1 aliphatic rings. The van der Waals surface area contributed by atoms with E-state index in [0.717, 1.165) is 16.8 Å². The van der Waals surface area contributed by atoms with E-state index in [-0.39, 0.29) is 18.9 Å². The van der Waals surface area contributed by atoms with Crippen LogP contribution in [0.15, 0.2) is 47.8 Å². The minimum atomic E-state index is -1.06. The molecule has 1 atom stereocenters. The van der Waals surface area contributed by atoms with Crippen LogP contribution in [0.5, 0.6) is 0 Å². The Morgan fingerprint density at radius 1 is 1.27 bits per heavy atom. The monoisotopic (exact) mass is 353 g/mol. The molecule has 0 radical (unpaired) electrons. The molecule has 1 fully saturated rings. The molecule has 1 aromatic heterocycles. The Kier molecular flexibility index (Phi) is 4.97. The number of hydrogen-bond acceptors (Lipinski definition) is 5. The largest absolute Gasteiger partial charge is 0.480 e. The maximum atomic E-state index is 12.8. The highest BCUT2D eigenvalue weighted by atomic mass is 16.6. The van der Waals surface area contributed by atoms with Gasteiger partial charge in [0.15, 0.2) is 0 Å². The molecule has 0 bridgehead atoms. The lowest BCUT2D eigenvalue weighted by molar-refractivity contribution is -0.141. The normalized spacial score (nSPS) is 18.2. The number of pyridine rings is 1. The Bertz CT molecular complexity index is 861. The number of nitrogens with zero attached hydrogens (tertiary/aromatic N) is 3. The molecule has 0 saturated carbocycles. The summed E-state index contributed by atoms with van der Waals surface area (Å²) in [6, 6.07) is 9.92. The molecular formula is C19H19N3O4. The van der Waals surface area contributed by atoms with Gasteiger partial charge in [-0.2, -0.15) is 0 Å². The van der Waals surface area contributed by atoms with Crippen LogP contribution in [0.25, 0.3) is 11.3 Å². The molecule has 0 unspecified atom stereocenters. The number of carboxylic acids is 1. The summed E-state index contributed by atoms with van der Waals surface area (Å²) in [7, 11) is 1.39. The summed E-state index contributed by atoms with van der Waals surface area (Å²) >= 11 is 0. The van der Waals surface area contributed by atoms with Crippen LogP contribution in [-0.2, 0) is 9.63 Å². The minimum Gasteiger partial charge on any atom is -0.480 e. The lowest BCUT2D eigenvalue weighted by atomic mass is 10.0. The Labute approximate surface area is 150 Å². The Morgan fingerprint density at radius 2 is 2.00 bits per heavy atom. The molecule has 0 aliphatic carbocycles. The van der Waals surface area contributed by atoms with Gasteiger partial charge in [-0.3, -0.25) is 9.78 Å². The van der Waals surface area contributed by atoms with Gasteiger partial charge in [0.25, 0.3) is 5.91 Å². The SMILES string of the molecule is CON=C1C[C@@H](C(=O)O)N(C(=O)c2ccc(-c3ncccc3C)cc2)C1. The summed E-state index contributed by atoms with van der Waals surface area (Å²) in [6.45, 7) is 2.12. The minimum absolute atomic E-state index is 0.144. The fourth-order valence-electron chi connectivity index (χ4n) is 3.06. The zero-order valence-electron chi connectivity index (χ0n) is 14.5. The number of likely N-dealkylation sites (tertiary alicyclic amines) is 1. The molecule has 1 amide bonds. The lowest BCUT2D eigenvalue weighted by Crippen LogP contribution is -2.40. The highest BCUT2D eigenvalue weighted by Crippen LogP contribution is 2.23. The highest BCUT2D eigenvalue weighted by molar-refractivity contribution is 6.04. The summed E-state index contributed by atoms with van der Waals surface area (Å²) in [5.41, 5.74) is 3.75. The number of benzene rings is 1. The van der Waals surface area contributed by atoms with Gasteiger partial charge >= 0.3 is 5.97 Å². The van der Waals surface area contributed by atoms with Gasteiger partial charge in [0.2, 0.25) is 0 Å². The van der Waals surface area contributed by atoms with Gasteiger partial charge in [-0.15, -0.1) is 0 Å². The van der Waals surface area contributed by atoms with E-state index >= 15 is 0 Å². The smallest absolute Gasteiger partial charge is 0.326 e. The number of aryl methyl sites for hydroxylation is 1. The van der Waals surface area contributed by atoms with E-state index in [1.54, 1.807) is 18.3 Å². The molecule has 2 aromatic rings. The number of oxime groups is 1. The first-order valence-corrected chi connectivity index (χ1v) is 8.16. The van der Waals surface area contributed by atoms with Crippen molar-refractivity contribution in [3.63, 3.8) is 0 Å². The Morgan fingerprint density at radius 3 is 2.62 bits per heavy atom. The topological polar surface area (TPSA) is 92.1 Å². The third-order valence-electron chi connectivity index (χ3n) is 4.34. The van der Waals surface area contributed by atoms with Gasteiger partial charge in [0, 0.05) is 23.7 Å². The zero-order valence-corrected chi connectivity index (χ0v) is 14.5. The molecule has 1 aliphatic heterocycles. The summed E-state index contributed by atoms with van der Waals surface area (Å²) in [4.78, 5) is 34.6. The first kappa shape index (κ1) is 17.6. The molecule has 7 nitrogen and oxygen atoms in total. The summed E-state index contributed by atoms with van der Waals surface area (Å²) < 4.78 is 0. The predicted octanol–water partition coefficient (Wildman–Crippen LogP) is 2.36. The van der Waals surface area contributed by atoms with E-state index in [1.807, 2.05) is 31.2 Å². The average molecular weight is 353 g/mol. The van der Waals surface area contributed by atoms with Crippen LogP contribution >= 0.6 is 0 Å². The highest BCUT2D eigenvalue weighted by Gasteiger charge is 2.38. The van der Waals surface area contributed by atoms with Crippen LogP contribution in [0, 0.1) is 6.92 Å². The Balaban J connectivity index is 1.85. The van der Waals surface area contributed by atoms with Gasteiger partial charge in [0.1, 0.15) is 13.2 Å². The molecule has 0 spiro atoms. The quantitative estimate of drug-likeness (QED) is 0.852. The molecule has 2 heterocycles. The molecule has 7 heteroatoms. The molecule has 1 saturated heterocycles. The third kappa shape index (κ3) is 3.42. The van der Waals surface area contributed by atoms with Crippen molar-refractivity contribution in [2.75, 3.05) is 13.7 Å². The third-order valence-corrected chi connectivity index (χ3v) is 4.34. The van der Waals surface area contributed by atoms with E-state index in [9.17, 15) is 14.7 Å². The maximum absolute atomic E-state index is 12.8. The van der Waals surface area contributed by atoms with Crippen molar-refractivity contribution in [2.45, 2.75) is 19.4 Å². The zero-order chi connectivity index (χ0) is 18.7. The van der Waals surface area contributed by atoms with Crippen LogP contribution in [0.4, 0.5) is 0 Å². The van der Waals surface area contributed by atoms with Crippen LogP contribution in [0.2, 0.25) is 0 Å². The van der Waals surface area contributed by atoms with E-state index in [2.05, 4.69) is 10.1 Å². The van der Waals surface area contributed by atoms with Crippen LogP contribution < -0.4 is 0 Å². The van der Waals surface area contributed by atoms with Crippen LogP contribution in [0.1, 0.15) is 22.3 Å². The van der Waals surface area contributed by atoms with Crippen molar-refractivity contribution < 1.29 is 19.5 Å². The van der Waals surface area contributed by atoms with Crippen LogP contribution in [-0.4, -0.2) is 52.3 Å². The molecule has 1 aromatic carbocycles. The average Bonchev–Trinajstić information content (AvgIpc) is 3.06.